The molecule has 1 heterocycles. The van der Waals surface area contributed by atoms with Gasteiger partial charge in [0, 0.05) is 5.56 Å². The Labute approximate surface area is 120 Å². The number of alkyl carbamates (subject to hydrolysis) is 1. The fraction of sp³-hybridized carbons (Fsp3) is 0.364. The zero-order valence-corrected chi connectivity index (χ0v) is 10.8. The van der Waals surface area contributed by atoms with Crippen molar-refractivity contribution in [3.63, 3.8) is 0 Å². The van der Waals surface area contributed by atoms with Gasteiger partial charge in [-0.25, -0.2) is 18.0 Å². The predicted molar refractivity (Wildman–Crippen MR) is 60.8 cm³/mol. The van der Waals surface area contributed by atoms with Crippen LogP contribution in [0.5, 0.6) is 0 Å². The lowest BCUT2D eigenvalue weighted by atomic mass is 9.94. The number of amides is 1. The quantitative estimate of drug-likeness (QED) is 0.795. The van der Waals surface area contributed by atoms with Crippen molar-refractivity contribution in [2.24, 2.45) is 0 Å². The van der Waals surface area contributed by atoms with Crippen LogP contribution in [0.15, 0.2) is 18.2 Å². The zero-order chi connectivity index (χ0) is 15.1. The van der Waals surface area contributed by atoms with Crippen LogP contribution in [0.3, 0.4) is 0 Å². The van der Waals surface area contributed by atoms with E-state index < -0.39 is 47.8 Å². The van der Waals surface area contributed by atoms with Crippen LogP contribution in [0.1, 0.15) is 17.2 Å². The molecule has 0 unspecified atom stereocenters. The van der Waals surface area contributed by atoms with E-state index in [2.05, 4.69) is 4.74 Å². The molecule has 21 heavy (non-hydrogen) atoms. The van der Waals surface area contributed by atoms with Crippen LogP contribution in [0.4, 0.5) is 31.1 Å². The summed E-state index contributed by atoms with van der Waals surface area (Å²) in [5, 5.41) is 1.53. The van der Waals surface area contributed by atoms with Crippen LogP contribution >= 0.6 is 12.4 Å². The second kappa shape index (κ2) is 5.63. The maximum absolute atomic E-state index is 13.6. The summed E-state index contributed by atoms with van der Waals surface area (Å²) in [6, 6.07) is -0.610. The number of hydrogen-bond donors (Lipinski definition) is 1. The van der Waals surface area contributed by atoms with Crippen LogP contribution in [0, 0.1) is 5.82 Å². The van der Waals surface area contributed by atoms with Crippen LogP contribution in [0.2, 0.25) is 0 Å². The lowest BCUT2D eigenvalue weighted by Gasteiger charge is -2.33. The molecule has 1 amide bonds. The summed E-state index contributed by atoms with van der Waals surface area (Å²) in [4.78, 5) is 10.9. The Morgan fingerprint density at radius 1 is 1.29 bits per heavy atom. The van der Waals surface area contributed by atoms with Gasteiger partial charge in [0.05, 0.1) is 5.56 Å². The smallest absolute Gasteiger partial charge is 0.416 e. The molecule has 0 bridgehead atoms. The van der Waals surface area contributed by atoms with E-state index in [4.69, 9.17) is 0 Å². The van der Waals surface area contributed by atoms with Gasteiger partial charge in [0.2, 0.25) is 0 Å². The third-order valence-corrected chi connectivity index (χ3v) is 2.73. The maximum Gasteiger partial charge on any atom is 0.416 e. The molecular formula is C11H8ClF6NO2. The monoisotopic (exact) mass is 335 g/mol. The molecule has 1 aliphatic heterocycles. The minimum absolute atomic E-state index is 0. The van der Waals surface area contributed by atoms with E-state index >= 15 is 0 Å². The number of carbonyl (C=O) groups is 1. The van der Waals surface area contributed by atoms with Gasteiger partial charge in [-0.2, -0.15) is 13.2 Å². The normalized spacial score (nSPS) is 21.0. The van der Waals surface area contributed by atoms with Crippen molar-refractivity contribution in [3.8, 4) is 0 Å². The summed E-state index contributed by atoms with van der Waals surface area (Å²) >= 11 is 0. The van der Waals surface area contributed by atoms with E-state index in [-0.39, 0.29) is 12.4 Å². The second-order valence-electron chi connectivity index (χ2n) is 4.11. The molecule has 0 radical (unpaired) electrons. The van der Waals surface area contributed by atoms with Crippen molar-refractivity contribution in [1.29, 1.82) is 0 Å². The largest absolute Gasteiger partial charge is 0.443 e. The Morgan fingerprint density at radius 3 is 2.48 bits per heavy atom. The number of nitrogens with one attached hydrogen (secondary N) is 1. The van der Waals surface area contributed by atoms with Crippen molar-refractivity contribution in [1.82, 2.24) is 5.32 Å². The molecule has 1 saturated heterocycles. The average Bonchev–Trinajstić information content (AvgIpc) is 2.31. The highest BCUT2D eigenvalue weighted by Crippen LogP contribution is 2.42. The summed E-state index contributed by atoms with van der Waals surface area (Å²) in [5.41, 5.74) is -2.87. The van der Waals surface area contributed by atoms with Gasteiger partial charge >= 0.3 is 18.2 Å². The summed E-state index contributed by atoms with van der Waals surface area (Å²) in [7, 11) is 0. The molecule has 0 aromatic heterocycles. The first-order chi connectivity index (χ1) is 9.13. The molecule has 2 rings (SSSR count). The summed E-state index contributed by atoms with van der Waals surface area (Å²) in [6.45, 7) is -1.42. The van der Waals surface area contributed by atoms with E-state index in [0.29, 0.717) is 12.1 Å². The Morgan fingerprint density at radius 2 is 1.90 bits per heavy atom. The highest BCUT2D eigenvalue weighted by molar-refractivity contribution is 5.85. The molecule has 1 aromatic carbocycles. The Kier molecular flexibility index (Phi) is 4.66. The molecule has 1 aromatic rings. The third-order valence-electron chi connectivity index (χ3n) is 2.73. The van der Waals surface area contributed by atoms with Crippen molar-refractivity contribution in [3.05, 3.63) is 35.1 Å². The SMILES string of the molecule is Cl.O=C1N[C@H](c2c(F)cccc2C(F)(F)F)C(F)(F)CO1. The molecule has 0 saturated carbocycles. The van der Waals surface area contributed by atoms with Crippen LogP contribution in [0.25, 0.3) is 0 Å². The van der Waals surface area contributed by atoms with Gasteiger partial charge in [-0.3, -0.25) is 0 Å². The van der Waals surface area contributed by atoms with Gasteiger partial charge in [0.1, 0.15) is 11.9 Å². The predicted octanol–water partition coefficient (Wildman–Crippen LogP) is 3.68. The molecule has 1 atom stereocenters. The van der Waals surface area contributed by atoms with Gasteiger partial charge in [0.15, 0.2) is 6.61 Å². The van der Waals surface area contributed by atoms with E-state index in [0.717, 1.165) is 6.07 Å². The first-order valence-corrected chi connectivity index (χ1v) is 5.29. The molecule has 1 N–H and O–H groups in total. The van der Waals surface area contributed by atoms with E-state index in [9.17, 15) is 31.1 Å². The van der Waals surface area contributed by atoms with E-state index in [1.165, 1.54) is 5.32 Å². The zero-order valence-electron chi connectivity index (χ0n) is 10.0. The Bertz CT molecular complexity index is 548. The first-order valence-electron chi connectivity index (χ1n) is 5.29. The van der Waals surface area contributed by atoms with Crippen molar-refractivity contribution < 1.29 is 35.9 Å². The molecule has 1 aliphatic rings. The van der Waals surface area contributed by atoms with Gasteiger partial charge in [-0.1, -0.05) is 6.07 Å². The molecule has 0 spiro atoms. The number of halogens is 7. The highest BCUT2D eigenvalue weighted by Gasteiger charge is 2.51. The van der Waals surface area contributed by atoms with Gasteiger partial charge < -0.3 is 10.1 Å². The summed E-state index contributed by atoms with van der Waals surface area (Å²) in [5.74, 6) is -5.34. The molecule has 0 aliphatic carbocycles. The molecular weight excluding hydrogens is 328 g/mol. The first kappa shape index (κ1) is 17.4. The van der Waals surface area contributed by atoms with Gasteiger partial charge in [0.25, 0.3) is 0 Å². The maximum atomic E-state index is 13.6. The summed E-state index contributed by atoms with van der Waals surface area (Å²) < 4.78 is 83.2. The molecule has 118 valence electrons. The average molecular weight is 336 g/mol. The van der Waals surface area contributed by atoms with E-state index in [1.54, 1.807) is 0 Å². The number of ether oxygens (including phenoxy) is 1. The standard InChI is InChI=1S/C11H7F6NO2.ClH/c12-6-3-1-2-5(11(15,16)17)7(6)8-10(13,14)4-20-9(19)18-8;/h1-3,8H,4H2,(H,18,19);1H/t8-;/m1./s1. The second-order valence-corrected chi connectivity index (χ2v) is 4.11. The molecule has 3 nitrogen and oxygen atoms in total. The number of cyclic esters (lactones) is 1. The molecule has 1 fully saturated rings. The van der Waals surface area contributed by atoms with Crippen molar-refractivity contribution in [2.45, 2.75) is 18.1 Å². The fourth-order valence-corrected chi connectivity index (χ4v) is 1.87. The lowest BCUT2D eigenvalue weighted by molar-refractivity contribution is -0.142. The number of hydrogen-bond acceptors (Lipinski definition) is 2. The topological polar surface area (TPSA) is 38.3 Å². The number of carbonyl (C=O) groups excluding carboxylic acids is 1. The molecule has 10 heteroatoms. The third kappa shape index (κ3) is 3.34. The van der Waals surface area contributed by atoms with Crippen LogP contribution in [-0.4, -0.2) is 18.6 Å². The minimum Gasteiger partial charge on any atom is -0.443 e. The fourth-order valence-electron chi connectivity index (χ4n) is 1.87. The van der Waals surface area contributed by atoms with E-state index in [1.807, 2.05) is 0 Å². The lowest BCUT2D eigenvalue weighted by Crippen LogP contribution is -2.50. The highest BCUT2D eigenvalue weighted by atomic mass is 35.5. The Hall–Kier alpha value is -1.64. The Balaban J connectivity index is 0.00000220. The van der Waals surface area contributed by atoms with Crippen molar-refractivity contribution in [2.75, 3.05) is 6.61 Å². The minimum atomic E-state index is -5.03. The number of rotatable bonds is 1. The van der Waals surface area contributed by atoms with Crippen molar-refractivity contribution >= 4 is 18.5 Å². The van der Waals surface area contributed by atoms with Crippen LogP contribution < -0.4 is 5.32 Å². The number of alkyl halides is 5. The van der Waals surface area contributed by atoms with Gasteiger partial charge in [-0.05, 0) is 12.1 Å². The van der Waals surface area contributed by atoms with Crippen LogP contribution in [-0.2, 0) is 10.9 Å². The summed E-state index contributed by atoms with van der Waals surface area (Å²) in [6.07, 6.45) is -6.37. The number of benzene rings is 1. The van der Waals surface area contributed by atoms with Gasteiger partial charge in [-0.15, -0.1) is 12.4 Å².